The molecule has 624 valence electrons. The van der Waals surface area contributed by atoms with E-state index >= 15 is 0 Å². The molecular formula is C86H168O17P2. The molecule has 0 spiro atoms. The molecule has 6 atom stereocenters. The Kier molecular flexibility index (Phi) is 73.4. The van der Waals surface area contributed by atoms with E-state index in [9.17, 15) is 43.2 Å². The molecule has 0 rings (SSSR count). The van der Waals surface area contributed by atoms with Gasteiger partial charge in [0, 0.05) is 25.7 Å². The number of ether oxygens (including phenoxy) is 4. The molecule has 0 aromatic rings. The van der Waals surface area contributed by atoms with Gasteiger partial charge in [-0.1, -0.05) is 396 Å². The average molecular weight is 1540 g/mol. The van der Waals surface area contributed by atoms with Crippen LogP contribution in [-0.2, 0) is 65.4 Å². The molecule has 3 N–H and O–H groups in total. The maximum atomic E-state index is 13.2. The van der Waals surface area contributed by atoms with E-state index in [0.717, 1.165) is 114 Å². The summed E-state index contributed by atoms with van der Waals surface area (Å²) in [6, 6.07) is 0. The van der Waals surface area contributed by atoms with Crippen LogP contribution >= 0.6 is 15.6 Å². The molecule has 19 heteroatoms. The normalized spacial score (nSPS) is 14.2. The van der Waals surface area contributed by atoms with Crippen molar-refractivity contribution < 1.29 is 80.2 Å². The van der Waals surface area contributed by atoms with Gasteiger partial charge >= 0.3 is 39.5 Å². The van der Waals surface area contributed by atoms with Crippen LogP contribution in [0, 0.1) is 23.7 Å². The lowest BCUT2D eigenvalue weighted by atomic mass is 9.99. The number of carbonyl (C=O) groups excluding carboxylic acids is 4. The van der Waals surface area contributed by atoms with E-state index in [1.807, 2.05) is 0 Å². The zero-order valence-corrected chi connectivity index (χ0v) is 71.2. The Bertz CT molecular complexity index is 2040. The number of rotatable bonds is 83. The second-order valence-electron chi connectivity index (χ2n) is 32.6. The molecule has 0 radical (unpaired) electrons. The Labute approximate surface area is 645 Å². The van der Waals surface area contributed by atoms with Gasteiger partial charge in [-0.3, -0.25) is 37.3 Å². The first-order valence-electron chi connectivity index (χ1n) is 44.2. The molecule has 3 unspecified atom stereocenters. The van der Waals surface area contributed by atoms with Crippen molar-refractivity contribution in [2.45, 2.75) is 465 Å². The van der Waals surface area contributed by atoms with E-state index in [-0.39, 0.29) is 25.7 Å². The fourth-order valence-corrected chi connectivity index (χ4v) is 14.9. The quantitative estimate of drug-likeness (QED) is 0.0222. The largest absolute Gasteiger partial charge is 0.472 e. The number of carbonyl (C=O) groups is 4. The zero-order chi connectivity index (χ0) is 77.4. The molecule has 0 aromatic carbocycles. The number of phosphoric acid groups is 2. The molecule has 0 aliphatic carbocycles. The molecule has 0 heterocycles. The Morgan fingerprint density at radius 3 is 0.676 bits per heavy atom. The molecule has 0 aromatic heterocycles. The minimum absolute atomic E-state index is 0.106. The predicted molar refractivity (Wildman–Crippen MR) is 432 cm³/mol. The number of phosphoric ester groups is 2. The summed E-state index contributed by atoms with van der Waals surface area (Å²) in [5.41, 5.74) is 0. The summed E-state index contributed by atoms with van der Waals surface area (Å²) < 4.78 is 68.9. The minimum atomic E-state index is -4.97. The van der Waals surface area contributed by atoms with Crippen molar-refractivity contribution in [2.75, 3.05) is 39.6 Å². The van der Waals surface area contributed by atoms with Gasteiger partial charge in [0.25, 0.3) is 0 Å². The highest BCUT2D eigenvalue weighted by atomic mass is 31.2. The lowest BCUT2D eigenvalue weighted by molar-refractivity contribution is -0.161. The van der Waals surface area contributed by atoms with Crippen molar-refractivity contribution in [3.63, 3.8) is 0 Å². The Morgan fingerprint density at radius 1 is 0.267 bits per heavy atom. The van der Waals surface area contributed by atoms with E-state index in [0.29, 0.717) is 25.7 Å². The fourth-order valence-electron chi connectivity index (χ4n) is 13.3. The number of aliphatic hydroxyl groups is 1. The van der Waals surface area contributed by atoms with Crippen LogP contribution in [0.2, 0.25) is 0 Å². The molecule has 0 saturated carbocycles. The van der Waals surface area contributed by atoms with Gasteiger partial charge in [0.05, 0.1) is 26.4 Å². The summed E-state index contributed by atoms with van der Waals surface area (Å²) in [7, 11) is -9.93. The summed E-state index contributed by atoms with van der Waals surface area (Å²) >= 11 is 0. The van der Waals surface area contributed by atoms with Crippen molar-refractivity contribution in [1.82, 2.24) is 0 Å². The summed E-state index contributed by atoms with van der Waals surface area (Å²) in [4.78, 5) is 73.2. The molecule has 0 aliphatic rings. The number of hydrogen-bond donors (Lipinski definition) is 3. The lowest BCUT2D eigenvalue weighted by Crippen LogP contribution is -2.30. The standard InChI is InChI=1S/C86H168O17P2/c1-9-79(8)65-57-49-41-33-25-19-16-17-20-26-34-42-50-58-66-83(88)96-72-81(102-85(90)68-60-52-44-35-27-21-15-13-11-10-12-14-18-23-30-38-46-54-62-76(2)3)74-100-104(92,93)98-70-80(87)71-99-105(94,95)101-75-82(73-97-84(89)67-59-51-43-37-29-32-40-48-56-64-78(6)7)103-86(91)69-61-53-45-36-28-22-24-31-39-47-55-63-77(4)5/h76-82,87H,9-75H2,1-8H3,(H,92,93)(H,94,95)/t79?,80-,81-,82-/m1/s1. The third-order valence-corrected chi connectivity index (χ3v) is 22.3. The molecule has 0 bridgehead atoms. The van der Waals surface area contributed by atoms with Crippen LogP contribution in [0.1, 0.15) is 447 Å². The highest BCUT2D eigenvalue weighted by molar-refractivity contribution is 7.47. The number of esters is 4. The first kappa shape index (κ1) is 103. The van der Waals surface area contributed by atoms with Gasteiger partial charge < -0.3 is 33.8 Å². The zero-order valence-electron chi connectivity index (χ0n) is 69.4. The van der Waals surface area contributed by atoms with Gasteiger partial charge in [0.15, 0.2) is 12.2 Å². The topological polar surface area (TPSA) is 237 Å². The summed E-state index contributed by atoms with van der Waals surface area (Å²) in [5.74, 6) is 1.07. The van der Waals surface area contributed by atoms with Gasteiger partial charge in [-0.05, 0) is 49.4 Å². The molecule has 0 amide bonds. The maximum absolute atomic E-state index is 13.2. The predicted octanol–water partition coefficient (Wildman–Crippen LogP) is 25.9. The monoisotopic (exact) mass is 1540 g/mol. The van der Waals surface area contributed by atoms with Crippen LogP contribution in [0.15, 0.2) is 0 Å². The second-order valence-corrected chi connectivity index (χ2v) is 35.5. The van der Waals surface area contributed by atoms with Gasteiger partial charge in [0.1, 0.15) is 19.3 Å². The van der Waals surface area contributed by atoms with Gasteiger partial charge in [0.2, 0.25) is 0 Å². The third-order valence-electron chi connectivity index (χ3n) is 20.4. The lowest BCUT2D eigenvalue weighted by Gasteiger charge is -2.21. The second kappa shape index (κ2) is 74.8. The number of aliphatic hydroxyl groups excluding tert-OH is 1. The first-order chi connectivity index (χ1) is 50.6. The van der Waals surface area contributed by atoms with Gasteiger partial charge in [-0.25, -0.2) is 9.13 Å². The van der Waals surface area contributed by atoms with Gasteiger partial charge in [-0.2, -0.15) is 0 Å². The van der Waals surface area contributed by atoms with Crippen molar-refractivity contribution in [1.29, 1.82) is 0 Å². The fraction of sp³-hybridized carbons (Fsp3) is 0.953. The SMILES string of the molecule is CCC(C)CCCCCCCCCCCCCCCCC(=O)OC[C@H](COP(=O)(O)OC[C@@H](O)COP(=O)(O)OC[C@@H](COC(=O)CCCCCCCCCCCC(C)C)OC(=O)CCCCCCCCCCCCCC(C)C)OC(=O)CCCCCCCCCCCCCCCCCCCCC(C)C. The Hall–Kier alpha value is -1.94. The third kappa shape index (κ3) is 78.5. The Morgan fingerprint density at radius 2 is 0.457 bits per heavy atom. The van der Waals surface area contributed by atoms with Crippen LogP contribution in [0.3, 0.4) is 0 Å². The number of hydrogen-bond acceptors (Lipinski definition) is 15. The first-order valence-corrected chi connectivity index (χ1v) is 47.2. The van der Waals surface area contributed by atoms with Gasteiger partial charge in [-0.15, -0.1) is 0 Å². The van der Waals surface area contributed by atoms with Crippen LogP contribution in [0.4, 0.5) is 0 Å². The molecule has 17 nitrogen and oxygen atoms in total. The average Bonchev–Trinajstić information content (AvgIpc) is 0.916. The summed E-state index contributed by atoms with van der Waals surface area (Å²) in [6.07, 6.45) is 63.8. The molecule has 0 saturated heterocycles. The van der Waals surface area contributed by atoms with E-state index in [1.165, 1.54) is 250 Å². The van der Waals surface area contributed by atoms with E-state index in [2.05, 4.69) is 55.4 Å². The summed E-state index contributed by atoms with van der Waals surface area (Å²) in [5, 5.41) is 10.7. The van der Waals surface area contributed by atoms with Crippen molar-refractivity contribution in [3.8, 4) is 0 Å². The van der Waals surface area contributed by atoms with Crippen LogP contribution in [0.25, 0.3) is 0 Å². The van der Waals surface area contributed by atoms with E-state index < -0.39 is 97.5 Å². The molecule has 0 fully saturated rings. The van der Waals surface area contributed by atoms with Crippen LogP contribution in [-0.4, -0.2) is 96.7 Å². The van der Waals surface area contributed by atoms with E-state index in [4.69, 9.17) is 37.0 Å². The maximum Gasteiger partial charge on any atom is 0.472 e. The molecule has 0 aliphatic heterocycles. The number of unbranched alkanes of at least 4 members (excludes halogenated alkanes) is 48. The smallest absolute Gasteiger partial charge is 0.462 e. The summed E-state index contributed by atoms with van der Waals surface area (Å²) in [6.45, 7) is 14.4. The highest BCUT2D eigenvalue weighted by Gasteiger charge is 2.31. The van der Waals surface area contributed by atoms with Crippen molar-refractivity contribution in [2.24, 2.45) is 23.7 Å². The molecule has 105 heavy (non-hydrogen) atoms. The Balaban J connectivity index is 5.25. The van der Waals surface area contributed by atoms with E-state index in [1.54, 1.807) is 0 Å². The van der Waals surface area contributed by atoms with Crippen molar-refractivity contribution in [3.05, 3.63) is 0 Å². The van der Waals surface area contributed by atoms with Crippen LogP contribution < -0.4 is 0 Å². The van der Waals surface area contributed by atoms with Crippen molar-refractivity contribution >= 4 is 39.5 Å². The minimum Gasteiger partial charge on any atom is -0.462 e. The molecular weight excluding hydrogens is 1370 g/mol. The van der Waals surface area contributed by atoms with Crippen LogP contribution in [0.5, 0.6) is 0 Å². The highest BCUT2D eigenvalue weighted by Crippen LogP contribution is 2.45.